The molecule has 0 fully saturated rings. The number of aromatic amines is 1. The summed E-state index contributed by atoms with van der Waals surface area (Å²) in [6.45, 7) is 1.59. The minimum atomic E-state index is 0.148. The second kappa shape index (κ2) is 4.38. The number of para-hydroxylation sites is 1. The molecule has 2 aromatic heterocycles. The molecule has 18 heavy (non-hydrogen) atoms. The molecule has 0 aliphatic heterocycles. The van der Waals surface area contributed by atoms with Crippen LogP contribution in [0.2, 0.25) is 0 Å². The predicted molar refractivity (Wildman–Crippen MR) is 73.8 cm³/mol. The molecule has 0 spiro atoms. The summed E-state index contributed by atoms with van der Waals surface area (Å²) < 4.78 is 0. The van der Waals surface area contributed by atoms with Crippen molar-refractivity contribution >= 4 is 28.0 Å². The number of Topliss-reactive ketones (excluding diaryl/α,β-unsaturated/α-hetero) is 1. The zero-order valence-corrected chi connectivity index (χ0v) is 10.8. The molecule has 90 valence electrons. The number of benzene rings is 1. The van der Waals surface area contributed by atoms with E-state index in [2.05, 4.69) is 16.0 Å². The molecule has 0 amide bonds. The Labute approximate surface area is 108 Å². The number of thiazole rings is 1. The maximum Gasteiger partial charge on any atom is 0.136 e. The molecule has 2 heterocycles. The van der Waals surface area contributed by atoms with Crippen molar-refractivity contribution in [2.24, 2.45) is 0 Å². The van der Waals surface area contributed by atoms with Crippen molar-refractivity contribution in [3.8, 4) is 11.3 Å². The topological polar surface area (TPSA) is 45.8 Å². The van der Waals surface area contributed by atoms with Gasteiger partial charge in [-0.2, -0.15) is 0 Å². The van der Waals surface area contributed by atoms with Crippen molar-refractivity contribution < 1.29 is 4.79 Å². The number of fused-ring (bicyclic) bond motifs is 1. The van der Waals surface area contributed by atoms with Crippen LogP contribution in [0.3, 0.4) is 0 Å². The van der Waals surface area contributed by atoms with Gasteiger partial charge in [-0.25, -0.2) is 4.98 Å². The van der Waals surface area contributed by atoms with Crippen LogP contribution in [0, 0.1) is 0 Å². The van der Waals surface area contributed by atoms with Crippen LogP contribution < -0.4 is 0 Å². The molecule has 0 saturated heterocycles. The molecule has 0 aliphatic carbocycles. The number of hydrogen-bond acceptors (Lipinski definition) is 3. The highest BCUT2D eigenvalue weighted by molar-refractivity contribution is 7.10. The average molecular weight is 256 g/mol. The first-order chi connectivity index (χ1) is 8.74. The van der Waals surface area contributed by atoms with Gasteiger partial charge in [-0.15, -0.1) is 11.3 Å². The molecule has 0 saturated carbocycles. The molecule has 1 N–H and O–H groups in total. The van der Waals surface area contributed by atoms with E-state index >= 15 is 0 Å². The quantitative estimate of drug-likeness (QED) is 0.780. The summed E-state index contributed by atoms with van der Waals surface area (Å²) in [5, 5.41) is 4.05. The van der Waals surface area contributed by atoms with E-state index in [1.54, 1.807) is 6.92 Å². The molecule has 3 rings (SSSR count). The SMILES string of the molecule is CC(=O)Cc1nc(-c2c[nH]c3ccccc23)cs1. The lowest BCUT2D eigenvalue weighted by molar-refractivity contribution is -0.116. The van der Waals surface area contributed by atoms with Gasteiger partial charge in [-0.3, -0.25) is 4.79 Å². The summed E-state index contributed by atoms with van der Waals surface area (Å²) in [6, 6.07) is 8.14. The minimum Gasteiger partial charge on any atom is -0.360 e. The van der Waals surface area contributed by atoms with Crippen LogP contribution in [0.4, 0.5) is 0 Å². The summed E-state index contributed by atoms with van der Waals surface area (Å²) in [5.41, 5.74) is 3.14. The van der Waals surface area contributed by atoms with Crippen molar-refractivity contribution in [2.75, 3.05) is 0 Å². The average Bonchev–Trinajstić information content (AvgIpc) is 2.94. The van der Waals surface area contributed by atoms with Crippen LogP contribution in [0.5, 0.6) is 0 Å². The van der Waals surface area contributed by atoms with Crippen molar-refractivity contribution in [2.45, 2.75) is 13.3 Å². The van der Waals surface area contributed by atoms with Crippen LogP contribution in [0.15, 0.2) is 35.8 Å². The number of hydrogen-bond donors (Lipinski definition) is 1. The second-order valence-corrected chi connectivity index (χ2v) is 5.20. The van der Waals surface area contributed by atoms with Gasteiger partial charge >= 0.3 is 0 Å². The van der Waals surface area contributed by atoms with E-state index < -0.39 is 0 Å². The highest BCUT2D eigenvalue weighted by Gasteiger charge is 2.10. The summed E-state index contributed by atoms with van der Waals surface area (Å²) in [5.74, 6) is 0.148. The summed E-state index contributed by atoms with van der Waals surface area (Å²) in [4.78, 5) is 18.8. The van der Waals surface area contributed by atoms with Gasteiger partial charge in [-0.1, -0.05) is 18.2 Å². The Balaban J connectivity index is 2.04. The van der Waals surface area contributed by atoms with E-state index in [0.29, 0.717) is 6.42 Å². The lowest BCUT2D eigenvalue weighted by Crippen LogP contribution is -1.94. The Morgan fingerprint density at radius 3 is 3.06 bits per heavy atom. The normalized spacial score (nSPS) is 10.9. The highest BCUT2D eigenvalue weighted by atomic mass is 32.1. The lowest BCUT2D eigenvalue weighted by Gasteiger charge is -1.93. The van der Waals surface area contributed by atoms with Gasteiger partial charge < -0.3 is 4.98 Å². The number of rotatable bonds is 3. The molecule has 0 aliphatic rings. The number of nitrogens with zero attached hydrogens (tertiary/aromatic N) is 1. The Kier molecular flexibility index (Phi) is 2.72. The van der Waals surface area contributed by atoms with Gasteiger partial charge in [0, 0.05) is 28.0 Å². The number of aromatic nitrogens is 2. The molecule has 3 aromatic rings. The van der Waals surface area contributed by atoms with Gasteiger partial charge in [0.2, 0.25) is 0 Å². The lowest BCUT2D eigenvalue weighted by atomic mass is 10.1. The number of nitrogens with one attached hydrogen (secondary N) is 1. The maximum absolute atomic E-state index is 11.1. The fourth-order valence-electron chi connectivity index (χ4n) is 2.01. The molecule has 0 radical (unpaired) electrons. The number of carbonyl (C=O) groups is 1. The highest BCUT2D eigenvalue weighted by Crippen LogP contribution is 2.29. The first kappa shape index (κ1) is 11.2. The molecule has 0 bridgehead atoms. The molecule has 4 heteroatoms. The van der Waals surface area contributed by atoms with E-state index in [-0.39, 0.29) is 5.78 Å². The third-order valence-corrected chi connectivity index (χ3v) is 3.67. The van der Waals surface area contributed by atoms with E-state index in [1.165, 1.54) is 11.3 Å². The molecule has 3 nitrogen and oxygen atoms in total. The summed E-state index contributed by atoms with van der Waals surface area (Å²) in [7, 11) is 0. The minimum absolute atomic E-state index is 0.148. The van der Waals surface area contributed by atoms with Crippen LogP contribution in [-0.4, -0.2) is 15.8 Å². The van der Waals surface area contributed by atoms with E-state index in [4.69, 9.17) is 0 Å². The van der Waals surface area contributed by atoms with E-state index in [0.717, 1.165) is 27.2 Å². The zero-order valence-electron chi connectivity index (χ0n) is 9.93. The Hall–Kier alpha value is -1.94. The Morgan fingerprint density at radius 2 is 2.22 bits per heavy atom. The monoisotopic (exact) mass is 256 g/mol. The van der Waals surface area contributed by atoms with Gasteiger partial charge in [0.15, 0.2) is 0 Å². The Bertz CT molecular complexity index is 711. The van der Waals surface area contributed by atoms with Crippen LogP contribution >= 0.6 is 11.3 Å². The number of H-pyrrole nitrogens is 1. The second-order valence-electron chi connectivity index (χ2n) is 4.25. The van der Waals surface area contributed by atoms with Gasteiger partial charge in [0.1, 0.15) is 10.8 Å². The number of ketones is 1. The predicted octanol–water partition coefficient (Wildman–Crippen LogP) is 3.42. The standard InChI is InChI=1S/C14H12N2OS/c1-9(17)6-14-16-13(8-18-14)11-7-15-12-5-3-2-4-10(11)12/h2-5,7-8,15H,6H2,1H3. The molecule has 0 atom stereocenters. The summed E-state index contributed by atoms with van der Waals surface area (Å²) in [6.07, 6.45) is 2.39. The van der Waals surface area contributed by atoms with Crippen molar-refractivity contribution in [1.29, 1.82) is 0 Å². The molecule has 1 aromatic carbocycles. The third-order valence-electron chi connectivity index (χ3n) is 2.82. The molecular formula is C14H12N2OS. The smallest absolute Gasteiger partial charge is 0.136 e. The number of carbonyl (C=O) groups excluding carboxylic acids is 1. The van der Waals surface area contributed by atoms with E-state index in [1.807, 2.05) is 29.8 Å². The fourth-order valence-corrected chi connectivity index (χ4v) is 2.88. The fraction of sp³-hybridized carbons (Fsp3) is 0.143. The maximum atomic E-state index is 11.1. The van der Waals surface area contributed by atoms with Gasteiger partial charge in [0.05, 0.1) is 12.1 Å². The Morgan fingerprint density at radius 1 is 1.39 bits per heavy atom. The summed E-state index contributed by atoms with van der Waals surface area (Å²) >= 11 is 1.54. The van der Waals surface area contributed by atoms with Crippen molar-refractivity contribution in [3.63, 3.8) is 0 Å². The molecule has 0 unspecified atom stereocenters. The van der Waals surface area contributed by atoms with Gasteiger partial charge in [-0.05, 0) is 13.0 Å². The van der Waals surface area contributed by atoms with Crippen LogP contribution in [0.1, 0.15) is 11.9 Å². The van der Waals surface area contributed by atoms with Crippen molar-refractivity contribution in [1.82, 2.24) is 9.97 Å². The first-order valence-corrected chi connectivity index (χ1v) is 6.62. The van der Waals surface area contributed by atoms with Crippen LogP contribution in [0.25, 0.3) is 22.2 Å². The molecular weight excluding hydrogens is 244 g/mol. The van der Waals surface area contributed by atoms with Crippen molar-refractivity contribution in [3.05, 3.63) is 40.8 Å². The zero-order chi connectivity index (χ0) is 12.5. The first-order valence-electron chi connectivity index (χ1n) is 5.74. The third kappa shape index (κ3) is 1.95. The van der Waals surface area contributed by atoms with E-state index in [9.17, 15) is 4.79 Å². The van der Waals surface area contributed by atoms with Gasteiger partial charge in [0.25, 0.3) is 0 Å². The largest absolute Gasteiger partial charge is 0.360 e. The van der Waals surface area contributed by atoms with Crippen LogP contribution in [-0.2, 0) is 11.2 Å².